The number of carbonyl (C=O) groups is 1. The third kappa shape index (κ3) is 5.74. The number of aliphatic hydroxyl groups excluding tert-OH is 1. The van der Waals surface area contributed by atoms with E-state index in [1.165, 1.54) is 13.0 Å². The van der Waals surface area contributed by atoms with E-state index in [1.807, 2.05) is 0 Å². The lowest BCUT2D eigenvalue weighted by molar-refractivity contribution is -0.304. The van der Waals surface area contributed by atoms with Crippen molar-refractivity contribution in [2.24, 2.45) is 5.41 Å². The molecule has 176 valence electrons. The van der Waals surface area contributed by atoms with Crippen molar-refractivity contribution < 1.29 is 36.9 Å². The molecule has 2 unspecified atom stereocenters. The summed E-state index contributed by atoms with van der Waals surface area (Å²) >= 11 is 0. The molecular weight excluding hydrogens is 438 g/mol. The molecule has 3 rings (SSSR count). The number of hydrogen-bond donors (Lipinski definition) is 3. The Hall–Kier alpha value is -2.73. The quantitative estimate of drug-likeness (QED) is 0.561. The zero-order valence-electron chi connectivity index (χ0n) is 17.2. The molecule has 8 nitrogen and oxygen atoms in total. The van der Waals surface area contributed by atoms with Crippen LogP contribution in [0.1, 0.15) is 48.4 Å². The number of amides is 1. The molecule has 0 spiro atoms. The maximum atomic E-state index is 14.3. The molecule has 1 amide bonds. The standard InChI is InChI=1S/C20H23F4N3O5/c1-19(5-2-14(12(21)9-19)32-20(22,23)24)15(10-28)26-18(30)13-8-16(29)27-17(25-13)11-3-6-31-7-4-11/h2,5,8,11,15,28H,3-4,6-7,9-10H2,1H3,(H,26,30)(H,25,27,29). The first-order valence-electron chi connectivity index (χ1n) is 9.95. The van der Waals surface area contributed by atoms with E-state index in [4.69, 9.17) is 4.74 Å². The predicted molar refractivity (Wildman–Crippen MR) is 103 cm³/mol. The van der Waals surface area contributed by atoms with E-state index in [0.29, 0.717) is 31.9 Å². The topological polar surface area (TPSA) is 114 Å². The SMILES string of the molecule is CC1(C(CO)NC(=O)c2cc(=O)[nH]c(C3CCOCC3)n2)C=CC(OC(F)(F)F)=C(F)C1. The van der Waals surface area contributed by atoms with E-state index in [2.05, 4.69) is 20.0 Å². The number of nitrogens with one attached hydrogen (secondary N) is 2. The average molecular weight is 461 g/mol. The number of aliphatic hydroxyl groups is 1. The molecule has 32 heavy (non-hydrogen) atoms. The van der Waals surface area contributed by atoms with Gasteiger partial charge in [-0.25, -0.2) is 9.37 Å². The molecule has 1 aromatic rings. The maximum absolute atomic E-state index is 14.3. The molecule has 2 atom stereocenters. The minimum atomic E-state index is -5.05. The predicted octanol–water partition coefficient (Wildman–Crippen LogP) is 2.44. The lowest BCUT2D eigenvalue weighted by Gasteiger charge is -2.36. The fourth-order valence-corrected chi connectivity index (χ4v) is 3.70. The summed E-state index contributed by atoms with van der Waals surface area (Å²) in [5.41, 5.74) is -1.97. The lowest BCUT2D eigenvalue weighted by atomic mass is 9.76. The van der Waals surface area contributed by atoms with Gasteiger partial charge in [-0.1, -0.05) is 13.0 Å². The van der Waals surface area contributed by atoms with Crippen LogP contribution in [0.3, 0.4) is 0 Å². The van der Waals surface area contributed by atoms with E-state index < -0.39 is 53.9 Å². The van der Waals surface area contributed by atoms with Crippen molar-refractivity contribution in [3.05, 3.63) is 51.7 Å². The maximum Gasteiger partial charge on any atom is 0.573 e. The molecular formula is C20H23F4N3O5. The highest BCUT2D eigenvalue weighted by molar-refractivity contribution is 5.92. The zero-order chi connectivity index (χ0) is 23.5. The Labute approximate surface area is 180 Å². The van der Waals surface area contributed by atoms with Gasteiger partial charge in [-0.2, -0.15) is 0 Å². The number of allylic oxidation sites excluding steroid dienone is 2. The number of ether oxygens (including phenoxy) is 2. The van der Waals surface area contributed by atoms with Crippen molar-refractivity contribution in [3.63, 3.8) is 0 Å². The fraction of sp³-hybridized carbons (Fsp3) is 0.550. The van der Waals surface area contributed by atoms with Gasteiger partial charge >= 0.3 is 6.36 Å². The Bertz CT molecular complexity index is 969. The van der Waals surface area contributed by atoms with Crippen molar-refractivity contribution >= 4 is 5.91 Å². The molecule has 0 aromatic carbocycles. The summed E-state index contributed by atoms with van der Waals surface area (Å²) in [7, 11) is 0. The first kappa shape index (κ1) is 23.9. The van der Waals surface area contributed by atoms with Crippen LogP contribution < -0.4 is 10.9 Å². The average Bonchev–Trinajstić information content (AvgIpc) is 2.73. The second kappa shape index (κ2) is 9.41. The van der Waals surface area contributed by atoms with E-state index in [-0.39, 0.29) is 11.6 Å². The highest BCUT2D eigenvalue weighted by Gasteiger charge is 2.40. The van der Waals surface area contributed by atoms with Crippen LogP contribution in [0.2, 0.25) is 0 Å². The number of H-pyrrole nitrogens is 1. The Morgan fingerprint density at radius 3 is 2.72 bits per heavy atom. The number of rotatable bonds is 6. The van der Waals surface area contributed by atoms with Crippen LogP contribution in [0, 0.1) is 5.41 Å². The number of alkyl halides is 3. The third-order valence-electron chi connectivity index (χ3n) is 5.53. The van der Waals surface area contributed by atoms with Crippen molar-refractivity contribution in [1.82, 2.24) is 15.3 Å². The first-order valence-corrected chi connectivity index (χ1v) is 9.95. The Morgan fingerprint density at radius 1 is 1.44 bits per heavy atom. The van der Waals surface area contributed by atoms with E-state index >= 15 is 0 Å². The lowest BCUT2D eigenvalue weighted by Crippen LogP contribution is -2.49. The summed E-state index contributed by atoms with van der Waals surface area (Å²) in [4.78, 5) is 31.6. The Morgan fingerprint density at radius 2 is 2.12 bits per heavy atom. The van der Waals surface area contributed by atoms with Crippen molar-refractivity contribution in [2.75, 3.05) is 19.8 Å². The van der Waals surface area contributed by atoms with Crippen molar-refractivity contribution in [3.8, 4) is 0 Å². The molecule has 1 aliphatic carbocycles. The van der Waals surface area contributed by atoms with Gasteiger partial charge in [-0.3, -0.25) is 9.59 Å². The molecule has 1 aliphatic heterocycles. The van der Waals surface area contributed by atoms with Gasteiger partial charge in [-0.05, 0) is 18.9 Å². The van der Waals surface area contributed by atoms with Crippen LogP contribution in [-0.4, -0.2) is 53.2 Å². The van der Waals surface area contributed by atoms with Crippen LogP contribution in [0.4, 0.5) is 17.6 Å². The molecule has 1 aromatic heterocycles. The van der Waals surface area contributed by atoms with E-state index in [0.717, 1.165) is 12.1 Å². The Kier molecular flexibility index (Phi) is 7.03. The molecule has 1 saturated heterocycles. The molecule has 0 radical (unpaired) electrons. The van der Waals surface area contributed by atoms with Gasteiger partial charge in [0, 0.05) is 37.0 Å². The summed E-state index contributed by atoms with van der Waals surface area (Å²) in [6, 6.07) is -0.0708. The number of aromatic nitrogens is 2. The van der Waals surface area contributed by atoms with Crippen LogP contribution in [0.15, 0.2) is 34.6 Å². The van der Waals surface area contributed by atoms with E-state index in [1.54, 1.807) is 0 Å². The largest absolute Gasteiger partial charge is 0.573 e. The molecule has 2 heterocycles. The highest BCUT2D eigenvalue weighted by Crippen LogP contribution is 2.39. The van der Waals surface area contributed by atoms with Gasteiger partial charge in [0.1, 0.15) is 17.3 Å². The minimum absolute atomic E-state index is 0.0806. The highest BCUT2D eigenvalue weighted by atomic mass is 19.4. The minimum Gasteiger partial charge on any atom is -0.403 e. The van der Waals surface area contributed by atoms with Gasteiger partial charge < -0.3 is 24.9 Å². The second-order valence-corrected chi connectivity index (χ2v) is 7.94. The Balaban J connectivity index is 1.76. The first-order chi connectivity index (χ1) is 15.0. The number of halogens is 4. The van der Waals surface area contributed by atoms with Gasteiger partial charge in [0.25, 0.3) is 11.5 Å². The van der Waals surface area contributed by atoms with Crippen LogP contribution in [0.25, 0.3) is 0 Å². The molecule has 0 bridgehead atoms. The molecule has 1 fully saturated rings. The van der Waals surface area contributed by atoms with Crippen molar-refractivity contribution in [1.29, 1.82) is 0 Å². The van der Waals surface area contributed by atoms with E-state index in [9.17, 15) is 32.3 Å². The summed E-state index contributed by atoms with van der Waals surface area (Å²) < 4.78 is 60.4. The number of nitrogens with zero attached hydrogens (tertiary/aromatic N) is 1. The third-order valence-corrected chi connectivity index (χ3v) is 5.53. The zero-order valence-corrected chi connectivity index (χ0v) is 17.2. The fourth-order valence-electron chi connectivity index (χ4n) is 3.70. The van der Waals surface area contributed by atoms with Gasteiger partial charge in [0.15, 0.2) is 5.76 Å². The second-order valence-electron chi connectivity index (χ2n) is 7.94. The van der Waals surface area contributed by atoms with Crippen molar-refractivity contribution in [2.45, 2.75) is 44.5 Å². The summed E-state index contributed by atoms with van der Waals surface area (Å²) in [6.45, 7) is 1.83. The number of carbonyl (C=O) groups excluding carboxylic acids is 1. The van der Waals surface area contributed by atoms with Crippen LogP contribution in [0.5, 0.6) is 0 Å². The normalized spacial score (nSPS) is 23.2. The van der Waals surface area contributed by atoms with Crippen LogP contribution in [-0.2, 0) is 9.47 Å². The van der Waals surface area contributed by atoms with Gasteiger partial charge in [-0.15, -0.1) is 13.2 Å². The summed E-state index contributed by atoms with van der Waals surface area (Å²) in [5, 5.41) is 12.3. The smallest absolute Gasteiger partial charge is 0.403 e. The summed E-state index contributed by atoms with van der Waals surface area (Å²) in [5.74, 6) is -2.66. The van der Waals surface area contributed by atoms with Crippen LogP contribution >= 0.6 is 0 Å². The number of aromatic amines is 1. The summed E-state index contributed by atoms with van der Waals surface area (Å²) in [6.07, 6.45) is -2.29. The van der Waals surface area contributed by atoms with Gasteiger partial charge in [0.05, 0.1) is 12.6 Å². The number of hydrogen-bond acceptors (Lipinski definition) is 6. The molecule has 2 aliphatic rings. The molecule has 0 saturated carbocycles. The van der Waals surface area contributed by atoms with Gasteiger partial charge in [0.2, 0.25) is 0 Å². The monoisotopic (exact) mass is 461 g/mol. The molecule has 3 N–H and O–H groups in total. The molecule has 12 heteroatoms.